The number of esters is 1. The first kappa shape index (κ1) is 20.2. The van der Waals surface area contributed by atoms with Crippen LogP contribution in [-0.2, 0) is 9.53 Å². The molecular weight excluding hydrogens is 320 g/mol. The largest absolute Gasteiger partial charge is 0.462 e. The van der Waals surface area contributed by atoms with Gasteiger partial charge in [-0.15, -0.1) is 0 Å². The molecule has 0 aromatic carbocycles. The molecule has 0 aromatic rings. The van der Waals surface area contributed by atoms with Gasteiger partial charge in [0.25, 0.3) is 0 Å². The summed E-state index contributed by atoms with van der Waals surface area (Å²) >= 11 is 0. The molecule has 2 nitrogen and oxygen atoms in total. The van der Waals surface area contributed by atoms with E-state index in [0.717, 1.165) is 48.9 Å². The van der Waals surface area contributed by atoms with E-state index in [0.29, 0.717) is 6.42 Å². The molecule has 0 amide bonds. The predicted molar refractivity (Wildman–Crippen MR) is 108 cm³/mol. The number of hydrogen-bond acceptors (Lipinski definition) is 2. The first-order chi connectivity index (χ1) is 12.7. The second-order valence-corrected chi connectivity index (χ2v) is 9.63. The van der Waals surface area contributed by atoms with Gasteiger partial charge >= 0.3 is 5.97 Å². The monoisotopic (exact) mass is 362 g/mol. The Balaban J connectivity index is 1.42. The summed E-state index contributed by atoms with van der Waals surface area (Å²) in [5.41, 5.74) is 0. The van der Waals surface area contributed by atoms with Crippen molar-refractivity contribution in [1.29, 1.82) is 0 Å². The average Bonchev–Trinajstić information content (AvgIpc) is 2.65. The van der Waals surface area contributed by atoms with E-state index in [1.54, 1.807) is 0 Å². The normalized spacial score (nSPS) is 36.8. The van der Waals surface area contributed by atoms with Crippen LogP contribution in [0.3, 0.4) is 0 Å². The first-order valence-electron chi connectivity index (χ1n) is 11.9. The SMILES string of the molecule is CCCCCCC(=O)OC1CCC2C(CCC3CC(CCC)CCC32)C1. The van der Waals surface area contributed by atoms with E-state index < -0.39 is 0 Å². The molecule has 6 unspecified atom stereocenters. The lowest BCUT2D eigenvalue weighted by Crippen LogP contribution is -2.43. The van der Waals surface area contributed by atoms with Crippen LogP contribution >= 0.6 is 0 Å². The van der Waals surface area contributed by atoms with Crippen LogP contribution in [0, 0.1) is 29.6 Å². The van der Waals surface area contributed by atoms with Gasteiger partial charge in [-0.1, -0.05) is 52.4 Å². The fourth-order valence-electron chi connectivity index (χ4n) is 6.57. The van der Waals surface area contributed by atoms with Gasteiger partial charge in [0, 0.05) is 6.42 Å². The van der Waals surface area contributed by atoms with Crippen LogP contribution in [0.25, 0.3) is 0 Å². The highest BCUT2D eigenvalue weighted by Crippen LogP contribution is 2.53. The van der Waals surface area contributed by atoms with Crippen LogP contribution in [-0.4, -0.2) is 12.1 Å². The van der Waals surface area contributed by atoms with Gasteiger partial charge in [-0.25, -0.2) is 0 Å². The predicted octanol–water partition coefficient (Wildman–Crippen LogP) is 6.91. The molecule has 0 radical (unpaired) electrons. The smallest absolute Gasteiger partial charge is 0.306 e. The van der Waals surface area contributed by atoms with Gasteiger partial charge in [-0.3, -0.25) is 4.79 Å². The van der Waals surface area contributed by atoms with Gasteiger partial charge in [-0.05, 0) is 81.0 Å². The molecule has 3 rings (SSSR count). The Morgan fingerprint density at radius 1 is 0.808 bits per heavy atom. The Bertz CT molecular complexity index is 432. The Morgan fingerprint density at radius 3 is 2.27 bits per heavy atom. The van der Waals surface area contributed by atoms with Crippen molar-refractivity contribution < 1.29 is 9.53 Å². The minimum Gasteiger partial charge on any atom is -0.462 e. The van der Waals surface area contributed by atoms with Gasteiger partial charge in [0.2, 0.25) is 0 Å². The molecule has 3 saturated carbocycles. The van der Waals surface area contributed by atoms with Crippen molar-refractivity contribution in [3.63, 3.8) is 0 Å². The summed E-state index contributed by atoms with van der Waals surface area (Å²) in [6.45, 7) is 4.55. The summed E-state index contributed by atoms with van der Waals surface area (Å²) in [5, 5.41) is 0. The molecule has 150 valence electrons. The molecule has 3 fully saturated rings. The molecular formula is C24H42O2. The van der Waals surface area contributed by atoms with Crippen molar-refractivity contribution in [2.45, 2.75) is 116 Å². The maximum atomic E-state index is 12.1. The van der Waals surface area contributed by atoms with Gasteiger partial charge in [-0.2, -0.15) is 0 Å². The molecule has 3 aliphatic carbocycles. The van der Waals surface area contributed by atoms with E-state index >= 15 is 0 Å². The summed E-state index contributed by atoms with van der Waals surface area (Å²) in [4.78, 5) is 12.1. The Labute approximate surface area is 161 Å². The molecule has 26 heavy (non-hydrogen) atoms. The third-order valence-corrected chi connectivity index (χ3v) is 7.83. The van der Waals surface area contributed by atoms with Crippen molar-refractivity contribution in [2.75, 3.05) is 0 Å². The summed E-state index contributed by atoms with van der Waals surface area (Å²) in [6, 6.07) is 0. The standard InChI is InChI=1S/C24H42O2/c1-3-5-6-7-9-24(25)26-21-13-15-23-20(17-21)12-11-19-16-18(8-4-2)10-14-22(19)23/h18-23H,3-17H2,1-2H3. The fraction of sp³-hybridized carbons (Fsp3) is 0.958. The Morgan fingerprint density at radius 2 is 1.54 bits per heavy atom. The zero-order chi connectivity index (χ0) is 18.4. The van der Waals surface area contributed by atoms with Crippen LogP contribution in [0.15, 0.2) is 0 Å². The molecule has 6 atom stereocenters. The highest BCUT2D eigenvalue weighted by Gasteiger charge is 2.44. The number of fused-ring (bicyclic) bond motifs is 3. The average molecular weight is 363 g/mol. The second-order valence-electron chi connectivity index (χ2n) is 9.63. The van der Waals surface area contributed by atoms with E-state index in [4.69, 9.17) is 4.74 Å². The van der Waals surface area contributed by atoms with E-state index in [2.05, 4.69) is 13.8 Å². The molecule has 0 spiro atoms. The maximum absolute atomic E-state index is 12.1. The minimum absolute atomic E-state index is 0.0679. The van der Waals surface area contributed by atoms with Gasteiger partial charge in [0.15, 0.2) is 0 Å². The van der Waals surface area contributed by atoms with E-state index in [1.807, 2.05) is 0 Å². The van der Waals surface area contributed by atoms with Crippen LogP contribution in [0.4, 0.5) is 0 Å². The Kier molecular flexibility index (Phi) is 7.88. The van der Waals surface area contributed by atoms with E-state index in [9.17, 15) is 4.79 Å². The summed E-state index contributed by atoms with van der Waals surface area (Å²) < 4.78 is 5.87. The van der Waals surface area contributed by atoms with Crippen LogP contribution < -0.4 is 0 Å². The molecule has 0 aromatic heterocycles. The topological polar surface area (TPSA) is 26.3 Å². The fourth-order valence-corrected chi connectivity index (χ4v) is 6.57. The third-order valence-electron chi connectivity index (χ3n) is 7.83. The number of carbonyl (C=O) groups excluding carboxylic acids is 1. The zero-order valence-electron chi connectivity index (χ0n) is 17.4. The lowest BCUT2D eigenvalue weighted by molar-refractivity contribution is -0.153. The number of ether oxygens (including phenoxy) is 1. The number of carbonyl (C=O) groups is 1. The Hall–Kier alpha value is -0.530. The van der Waals surface area contributed by atoms with Gasteiger partial charge < -0.3 is 4.74 Å². The van der Waals surface area contributed by atoms with Gasteiger partial charge in [0.05, 0.1) is 0 Å². The molecule has 0 N–H and O–H groups in total. The lowest BCUT2D eigenvalue weighted by Gasteiger charge is -2.50. The quantitative estimate of drug-likeness (QED) is 0.346. The second kappa shape index (κ2) is 10.1. The maximum Gasteiger partial charge on any atom is 0.306 e. The molecule has 2 heteroatoms. The number of rotatable bonds is 8. The summed E-state index contributed by atoms with van der Waals surface area (Å²) in [6.07, 6.45) is 19.2. The minimum atomic E-state index is 0.0679. The van der Waals surface area contributed by atoms with Crippen LogP contribution in [0.1, 0.15) is 110 Å². The van der Waals surface area contributed by atoms with E-state index in [-0.39, 0.29) is 12.1 Å². The van der Waals surface area contributed by atoms with E-state index in [1.165, 1.54) is 70.6 Å². The molecule has 0 aliphatic heterocycles. The van der Waals surface area contributed by atoms with Crippen molar-refractivity contribution in [1.82, 2.24) is 0 Å². The molecule has 0 saturated heterocycles. The van der Waals surface area contributed by atoms with Crippen molar-refractivity contribution in [3.8, 4) is 0 Å². The van der Waals surface area contributed by atoms with Crippen molar-refractivity contribution in [3.05, 3.63) is 0 Å². The first-order valence-corrected chi connectivity index (χ1v) is 11.9. The number of unbranched alkanes of at least 4 members (excludes halogenated alkanes) is 3. The van der Waals surface area contributed by atoms with Gasteiger partial charge in [0.1, 0.15) is 6.10 Å². The molecule has 0 bridgehead atoms. The van der Waals surface area contributed by atoms with Crippen molar-refractivity contribution >= 4 is 5.97 Å². The van der Waals surface area contributed by atoms with Crippen LogP contribution in [0.2, 0.25) is 0 Å². The summed E-state index contributed by atoms with van der Waals surface area (Å²) in [7, 11) is 0. The lowest BCUT2D eigenvalue weighted by atomic mass is 9.56. The zero-order valence-corrected chi connectivity index (χ0v) is 17.4. The third kappa shape index (κ3) is 5.26. The summed E-state index contributed by atoms with van der Waals surface area (Å²) in [5.74, 6) is 4.87. The number of hydrogen-bond donors (Lipinski definition) is 0. The highest BCUT2D eigenvalue weighted by molar-refractivity contribution is 5.69. The van der Waals surface area contributed by atoms with Crippen LogP contribution in [0.5, 0.6) is 0 Å². The molecule has 0 heterocycles. The van der Waals surface area contributed by atoms with Crippen molar-refractivity contribution in [2.24, 2.45) is 29.6 Å². The molecule has 3 aliphatic rings. The highest BCUT2D eigenvalue weighted by atomic mass is 16.5.